The molecule has 0 aliphatic carbocycles. The molecule has 2 aromatic carbocycles. The van der Waals surface area contributed by atoms with Crippen LogP contribution in [-0.4, -0.2) is 0 Å². The third kappa shape index (κ3) is 2.95. The van der Waals surface area contributed by atoms with Crippen LogP contribution < -0.4 is 0 Å². The Morgan fingerprint density at radius 1 is 1.00 bits per heavy atom. The number of rotatable bonds is 2. The smallest absolute Gasteiger partial charge is 0.0850 e. The number of hydrogen-bond donors (Lipinski definition) is 0. The van der Waals surface area contributed by atoms with Gasteiger partial charge in [0.1, 0.15) is 0 Å². The van der Waals surface area contributed by atoms with E-state index >= 15 is 0 Å². The molecule has 0 saturated heterocycles. The third-order valence-electron chi connectivity index (χ3n) is 2.57. The van der Waals surface area contributed by atoms with Crippen LogP contribution in [0.1, 0.15) is 22.1 Å². The van der Waals surface area contributed by atoms with Gasteiger partial charge in [0.25, 0.3) is 0 Å². The number of alkyl halides is 1. The summed E-state index contributed by atoms with van der Waals surface area (Å²) in [6.07, 6.45) is 0. The fourth-order valence-corrected chi connectivity index (χ4v) is 2.50. The predicted molar refractivity (Wildman–Crippen MR) is 75.3 cm³/mol. The lowest BCUT2D eigenvalue weighted by Crippen LogP contribution is -1.95. The van der Waals surface area contributed by atoms with E-state index in [2.05, 4.69) is 6.07 Å². The monoisotopic (exact) mass is 284 g/mol. The molecule has 1 atom stereocenters. The summed E-state index contributed by atoms with van der Waals surface area (Å²) in [6.45, 7) is 2.03. The molecule has 0 fully saturated rings. The standard InChI is InChI=1S/C14H11Cl3/c1-9-3-2-4-10(7-9)14(17)12-8-11(15)5-6-13(12)16/h2-8,14H,1H3. The van der Waals surface area contributed by atoms with Gasteiger partial charge in [-0.1, -0.05) is 53.0 Å². The third-order valence-corrected chi connectivity index (χ3v) is 3.63. The van der Waals surface area contributed by atoms with Crippen molar-refractivity contribution in [3.63, 3.8) is 0 Å². The number of hydrogen-bond acceptors (Lipinski definition) is 0. The Labute approximate surface area is 116 Å². The van der Waals surface area contributed by atoms with Gasteiger partial charge in [0.15, 0.2) is 0 Å². The van der Waals surface area contributed by atoms with E-state index in [4.69, 9.17) is 34.8 Å². The second kappa shape index (κ2) is 5.30. The molecule has 1 unspecified atom stereocenters. The van der Waals surface area contributed by atoms with Gasteiger partial charge < -0.3 is 0 Å². The molecule has 0 saturated carbocycles. The van der Waals surface area contributed by atoms with E-state index in [-0.39, 0.29) is 5.38 Å². The first-order valence-electron chi connectivity index (χ1n) is 5.23. The van der Waals surface area contributed by atoms with Gasteiger partial charge >= 0.3 is 0 Å². The van der Waals surface area contributed by atoms with Gasteiger partial charge in [-0.05, 0) is 36.2 Å². The summed E-state index contributed by atoms with van der Waals surface area (Å²) in [4.78, 5) is 0. The first-order chi connectivity index (χ1) is 8.08. The van der Waals surface area contributed by atoms with Crippen LogP contribution in [0.4, 0.5) is 0 Å². The van der Waals surface area contributed by atoms with Gasteiger partial charge in [-0.2, -0.15) is 0 Å². The zero-order valence-electron chi connectivity index (χ0n) is 9.25. The highest BCUT2D eigenvalue weighted by atomic mass is 35.5. The van der Waals surface area contributed by atoms with Crippen LogP contribution in [0.5, 0.6) is 0 Å². The largest absolute Gasteiger partial charge is 0.113 e. The fraction of sp³-hybridized carbons (Fsp3) is 0.143. The highest BCUT2D eigenvalue weighted by Gasteiger charge is 2.14. The molecule has 0 bridgehead atoms. The predicted octanol–water partition coefficient (Wildman–Crippen LogP) is 5.63. The lowest BCUT2D eigenvalue weighted by Gasteiger charge is -2.13. The Hall–Kier alpha value is -0.690. The average molecular weight is 286 g/mol. The van der Waals surface area contributed by atoms with Gasteiger partial charge in [-0.3, -0.25) is 0 Å². The quantitative estimate of drug-likeness (QED) is 0.627. The molecule has 0 radical (unpaired) electrons. The Morgan fingerprint density at radius 3 is 2.47 bits per heavy atom. The van der Waals surface area contributed by atoms with Gasteiger partial charge in [-0.15, -0.1) is 11.6 Å². The Kier molecular flexibility index (Phi) is 3.98. The van der Waals surface area contributed by atoms with Crippen molar-refractivity contribution in [2.24, 2.45) is 0 Å². The Morgan fingerprint density at radius 2 is 1.76 bits per heavy atom. The molecule has 0 nitrogen and oxygen atoms in total. The minimum Gasteiger partial charge on any atom is -0.113 e. The maximum absolute atomic E-state index is 6.44. The minimum atomic E-state index is -0.277. The Balaban J connectivity index is 2.43. The number of benzene rings is 2. The maximum Gasteiger partial charge on any atom is 0.0850 e. The highest BCUT2D eigenvalue weighted by molar-refractivity contribution is 6.35. The van der Waals surface area contributed by atoms with Crippen molar-refractivity contribution in [3.8, 4) is 0 Å². The summed E-state index contributed by atoms with van der Waals surface area (Å²) in [5.41, 5.74) is 3.04. The van der Waals surface area contributed by atoms with E-state index in [1.165, 1.54) is 5.56 Å². The molecule has 17 heavy (non-hydrogen) atoms. The van der Waals surface area contributed by atoms with Gasteiger partial charge in [-0.25, -0.2) is 0 Å². The topological polar surface area (TPSA) is 0 Å². The summed E-state index contributed by atoms with van der Waals surface area (Å²) >= 11 is 18.5. The molecule has 0 N–H and O–H groups in total. The van der Waals surface area contributed by atoms with Crippen molar-refractivity contribution in [3.05, 3.63) is 69.2 Å². The van der Waals surface area contributed by atoms with E-state index in [9.17, 15) is 0 Å². The molecule has 3 heteroatoms. The first-order valence-corrected chi connectivity index (χ1v) is 6.43. The molecule has 2 rings (SSSR count). The molecular weight excluding hydrogens is 275 g/mol. The van der Waals surface area contributed by atoms with Gasteiger partial charge in [0.2, 0.25) is 0 Å². The molecule has 0 aromatic heterocycles. The maximum atomic E-state index is 6.44. The van der Waals surface area contributed by atoms with Crippen molar-refractivity contribution in [2.45, 2.75) is 12.3 Å². The van der Waals surface area contributed by atoms with E-state index in [0.717, 1.165) is 11.1 Å². The lowest BCUT2D eigenvalue weighted by molar-refractivity contribution is 1.13. The van der Waals surface area contributed by atoms with Crippen LogP contribution in [-0.2, 0) is 0 Å². The minimum absolute atomic E-state index is 0.277. The number of halogens is 3. The number of aryl methyl sites for hydroxylation is 1. The zero-order valence-corrected chi connectivity index (χ0v) is 11.5. The van der Waals surface area contributed by atoms with Crippen molar-refractivity contribution in [1.29, 1.82) is 0 Å². The van der Waals surface area contributed by atoms with Crippen LogP contribution in [0.15, 0.2) is 42.5 Å². The second-order valence-electron chi connectivity index (χ2n) is 3.94. The SMILES string of the molecule is Cc1cccc(C(Cl)c2cc(Cl)ccc2Cl)c1. The average Bonchev–Trinajstić information content (AvgIpc) is 2.31. The molecule has 0 aliphatic heterocycles. The van der Waals surface area contributed by atoms with Crippen molar-refractivity contribution in [1.82, 2.24) is 0 Å². The van der Waals surface area contributed by atoms with E-state index in [1.54, 1.807) is 12.1 Å². The highest BCUT2D eigenvalue weighted by Crippen LogP contribution is 2.35. The fourth-order valence-electron chi connectivity index (χ4n) is 1.72. The van der Waals surface area contributed by atoms with Gasteiger partial charge in [0, 0.05) is 10.0 Å². The lowest BCUT2D eigenvalue weighted by atomic mass is 10.0. The van der Waals surface area contributed by atoms with E-state index < -0.39 is 0 Å². The molecule has 88 valence electrons. The van der Waals surface area contributed by atoms with Crippen LogP contribution in [0, 0.1) is 6.92 Å². The van der Waals surface area contributed by atoms with Crippen molar-refractivity contribution >= 4 is 34.8 Å². The van der Waals surface area contributed by atoms with Crippen LogP contribution in [0.3, 0.4) is 0 Å². The normalized spacial score (nSPS) is 12.5. The van der Waals surface area contributed by atoms with Crippen molar-refractivity contribution < 1.29 is 0 Å². The summed E-state index contributed by atoms with van der Waals surface area (Å²) in [5.74, 6) is 0. The van der Waals surface area contributed by atoms with Crippen LogP contribution in [0.2, 0.25) is 10.0 Å². The molecule has 0 spiro atoms. The molecule has 0 amide bonds. The van der Waals surface area contributed by atoms with Gasteiger partial charge in [0.05, 0.1) is 5.38 Å². The van der Waals surface area contributed by atoms with Crippen LogP contribution in [0.25, 0.3) is 0 Å². The summed E-state index contributed by atoms with van der Waals surface area (Å²) in [6, 6.07) is 13.4. The van der Waals surface area contributed by atoms with Crippen molar-refractivity contribution in [2.75, 3.05) is 0 Å². The summed E-state index contributed by atoms with van der Waals surface area (Å²) < 4.78 is 0. The zero-order chi connectivity index (χ0) is 12.4. The summed E-state index contributed by atoms with van der Waals surface area (Å²) in [5, 5.41) is 1.000. The van der Waals surface area contributed by atoms with Crippen LogP contribution >= 0.6 is 34.8 Å². The van der Waals surface area contributed by atoms with E-state index in [1.807, 2.05) is 31.2 Å². The Bertz CT molecular complexity index is 535. The molecular formula is C14H11Cl3. The molecule has 2 aromatic rings. The molecule has 0 heterocycles. The molecule has 0 aliphatic rings. The van der Waals surface area contributed by atoms with E-state index in [0.29, 0.717) is 10.0 Å². The second-order valence-corrected chi connectivity index (χ2v) is 5.22. The first kappa shape index (κ1) is 12.8. The summed E-state index contributed by atoms with van der Waals surface area (Å²) in [7, 11) is 0.